The highest BCUT2D eigenvalue weighted by molar-refractivity contribution is 9.10. The smallest absolute Gasteiger partial charge is 0.0642 e. The average molecular weight is 263 g/mol. The molecule has 0 radical (unpaired) electrons. The van der Waals surface area contributed by atoms with Crippen molar-refractivity contribution in [1.82, 2.24) is 4.98 Å². The van der Waals surface area contributed by atoms with Crippen LogP contribution in [0.4, 0.5) is 0 Å². The molecule has 1 aromatic rings. The number of hydrogen-bond donors (Lipinski definition) is 1. The fourth-order valence-corrected chi connectivity index (χ4v) is 1.04. The molecule has 0 aromatic carbocycles. The van der Waals surface area contributed by atoms with Gasteiger partial charge in [0.2, 0.25) is 0 Å². The quantitative estimate of drug-likeness (QED) is 0.888. The number of pyridine rings is 1. The average Bonchev–Trinajstić information content (AvgIpc) is 2.06. The van der Waals surface area contributed by atoms with Gasteiger partial charge in [-0.15, -0.1) is 12.4 Å². The van der Waals surface area contributed by atoms with Crippen LogP contribution in [0.2, 0.25) is 0 Å². The molecule has 70 valence electrons. The summed E-state index contributed by atoms with van der Waals surface area (Å²) in [5.41, 5.74) is 6.41. The molecular formula is C8H9BrClN3. The summed E-state index contributed by atoms with van der Waals surface area (Å²) in [5.74, 6) is 0. The first-order chi connectivity index (χ1) is 5.74. The number of halogens is 2. The monoisotopic (exact) mass is 261 g/mol. The Balaban J connectivity index is 0.00000144. The number of hydrogen-bond acceptors (Lipinski definition) is 3. The Morgan fingerprint density at radius 1 is 1.62 bits per heavy atom. The highest BCUT2D eigenvalue weighted by Crippen LogP contribution is 2.13. The number of aromatic nitrogens is 1. The predicted octanol–water partition coefficient (Wildman–Crippen LogP) is 2.18. The summed E-state index contributed by atoms with van der Waals surface area (Å²) in [7, 11) is 0. The van der Waals surface area contributed by atoms with Crippen molar-refractivity contribution in [2.24, 2.45) is 5.73 Å². The molecule has 0 unspecified atom stereocenters. The highest BCUT2D eigenvalue weighted by atomic mass is 79.9. The van der Waals surface area contributed by atoms with Crippen molar-refractivity contribution in [3.8, 4) is 6.07 Å². The van der Waals surface area contributed by atoms with E-state index in [2.05, 4.69) is 20.9 Å². The van der Waals surface area contributed by atoms with E-state index in [1.54, 1.807) is 6.20 Å². The minimum Gasteiger partial charge on any atom is -0.322 e. The lowest BCUT2D eigenvalue weighted by molar-refractivity contribution is 0.719. The third kappa shape index (κ3) is 3.73. The van der Waals surface area contributed by atoms with Gasteiger partial charge in [-0.25, -0.2) is 0 Å². The molecule has 1 atom stereocenters. The van der Waals surface area contributed by atoms with E-state index in [4.69, 9.17) is 11.0 Å². The van der Waals surface area contributed by atoms with Crippen LogP contribution < -0.4 is 5.73 Å². The maximum absolute atomic E-state index is 8.39. The van der Waals surface area contributed by atoms with Crippen molar-refractivity contribution in [2.75, 3.05) is 0 Å². The molecule has 1 heterocycles. The first-order valence-corrected chi connectivity index (χ1v) is 4.27. The van der Waals surface area contributed by atoms with Gasteiger partial charge in [-0.1, -0.05) is 0 Å². The van der Waals surface area contributed by atoms with Crippen molar-refractivity contribution >= 4 is 28.3 Å². The van der Waals surface area contributed by atoms with Gasteiger partial charge in [-0.3, -0.25) is 4.98 Å². The number of rotatable bonds is 2. The van der Waals surface area contributed by atoms with E-state index < -0.39 is 0 Å². The van der Waals surface area contributed by atoms with Gasteiger partial charge in [0.25, 0.3) is 0 Å². The maximum Gasteiger partial charge on any atom is 0.0642 e. The lowest BCUT2D eigenvalue weighted by Gasteiger charge is -2.05. The van der Waals surface area contributed by atoms with Crippen LogP contribution in [0.15, 0.2) is 22.8 Å². The lowest BCUT2D eigenvalue weighted by atomic mass is 10.1. The Kier molecular flexibility index (Phi) is 5.63. The zero-order valence-corrected chi connectivity index (χ0v) is 9.18. The molecule has 0 spiro atoms. The Morgan fingerprint density at radius 3 is 2.77 bits per heavy atom. The number of nitrogens with two attached hydrogens (primary N) is 1. The highest BCUT2D eigenvalue weighted by Gasteiger charge is 2.05. The Hall–Kier alpha value is -0.630. The molecule has 0 saturated carbocycles. The molecule has 0 aliphatic heterocycles. The van der Waals surface area contributed by atoms with Gasteiger partial charge in [0.1, 0.15) is 0 Å². The normalized spacial score (nSPS) is 11.2. The summed E-state index contributed by atoms with van der Waals surface area (Å²) in [6, 6.07) is 5.40. The van der Waals surface area contributed by atoms with E-state index in [-0.39, 0.29) is 18.4 Å². The van der Waals surface area contributed by atoms with E-state index in [1.165, 1.54) is 0 Å². The van der Waals surface area contributed by atoms with Crippen LogP contribution in [-0.4, -0.2) is 4.98 Å². The van der Waals surface area contributed by atoms with E-state index in [0.717, 1.165) is 10.2 Å². The summed E-state index contributed by atoms with van der Waals surface area (Å²) in [4.78, 5) is 4.07. The predicted molar refractivity (Wildman–Crippen MR) is 56.3 cm³/mol. The van der Waals surface area contributed by atoms with Crippen LogP contribution in [0.25, 0.3) is 0 Å². The summed E-state index contributed by atoms with van der Waals surface area (Å²) < 4.78 is 0.912. The second kappa shape index (κ2) is 5.92. The molecule has 13 heavy (non-hydrogen) atoms. The van der Waals surface area contributed by atoms with Crippen LogP contribution in [0, 0.1) is 11.3 Å². The molecule has 0 saturated heterocycles. The Labute approximate surface area is 91.5 Å². The molecule has 2 N–H and O–H groups in total. The van der Waals surface area contributed by atoms with E-state index in [1.807, 2.05) is 18.2 Å². The van der Waals surface area contributed by atoms with Crippen LogP contribution in [0.5, 0.6) is 0 Å². The van der Waals surface area contributed by atoms with Gasteiger partial charge in [0, 0.05) is 10.7 Å². The van der Waals surface area contributed by atoms with Gasteiger partial charge in [-0.2, -0.15) is 5.26 Å². The first kappa shape index (κ1) is 12.4. The van der Waals surface area contributed by atoms with E-state index in [9.17, 15) is 0 Å². The Bertz CT molecular complexity index is 293. The topological polar surface area (TPSA) is 62.7 Å². The van der Waals surface area contributed by atoms with E-state index >= 15 is 0 Å². The van der Waals surface area contributed by atoms with Gasteiger partial charge >= 0.3 is 0 Å². The zero-order chi connectivity index (χ0) is 8.97. The van der Waals surface area contributed by atoms with Crippen molar-refractivity contribution in [3.05, 3.63) is 28.5 Å². The van der Waals surface area contributed by atoms with Gasteiger partial charge in [-0.05, 0) is 28.1 Å². The van der Waals surface area contributed by atoms with Crippen LogP contribution >= 0.6 is 28.3 Å². The maximum atomic E-state index is 8.39. The van der Waals surface area contributed by atoms with Crippen LogP contribution in [-0.2, 0) is 0 Å². The molecule has 1 rings (SSSR count). The second-order valence-electron chi connectivity index (χ2n) is 2.37. The van der Waals surface area contributed by atoms with Crippen LogP contribution in [0.3, 0.4) is 0 Å². The zero-order valence-electron chi connectivity index (χ0n) is 6.77. The summed E-state index contributed by atoms with van der Waals surface area (Å²) >= 11 is 3.27. The van der Waals surface area contributed by atoms with Gasteiger partial charge < -0.3 is 5.73 Å². The molecule has 3 nitrogen and oxygen atoms in total. The molecule has 0 aliphatic rings. The third-order valence-electron chi connectivity index (χ3n) is 1.44. The first-order valence-electron chi connectivity index (χ1n) is 3.48. The summed E-state index contributed by atoms with van der Waals surface area (Å²) in [6.07, 6.45) is 1.97. The lowest BCUT2D eigenvalue weighted by Crippen LogP contribution is -2.10. The standard InChI is InChI=1S/C8H8BrN3.ClH/c9-6-1-2-8(12-5-6)7(11)3-4-10;/h1-2,5,7H,3,11H2;1H/t7-;/m1./s1. The summed E-state index contributed by atoms with van der Waals surface area (Å²) in [6.45, 7) is 0. The number of nitriles is 1. The Morgan fingerprint density at radius 2 is 2.31 bits per heavy atom. The molecule has 0 aliphatic carbocycles. The summed E-state index contributed by atoms with van der Waals surface area (Å²) in [5, 5.41) is 8.39. The minimum absolute atomic E-state index is 0. The van der Waals surface area contributed by atoms with Crippen molar-refractivity contribution < 1.29 is 0 Å². The molecule has 0 fully saturated rings. The minimum atomic E-state index is -0.275. The van der Waals surface area contributed by atoms with E-state index in [0.29, 0.717) is 6.42 Å². The fourth-order valence-electron chi connectivity index (χ4n) is 0.810. The van der Waals surface area contributed by atoms with Crippen molar-refractivity contribution in [1.29, 1.82) is 5.26 Å². The molecule has 0 bridgehead atoms. The molecule has 5 heteroatoms. The van der Waals surface area contributed by atoms with Crippen molar-refractivity contribution in [3.63, 3.8) is 0 Å². The SMILES string of the molecule is Cl.N#CC[C@@H](N)c1ccc(Br)cn1. The van der Waals surface area contributed by atoms with Gasteiger partial charge in [0.05, 0.1) is 24.2 Å². The molecular weight excluding hydrogens is 253 g/mol. The third-order valence-corrected chi connectivity index (χ3v) is 1.91. The van der Waals surface area contributed by atoms with Gasteiger partial charge in [0.15, 0.2) is 0 Å². The largest absolute Gasteiger partial charge is 0.322 e. The molecule has 0 amide bonds. The fraction of sp³-hybridized carbons (Fsp3) is 0.250. The number of nitrogens with zero attached hydrogens (tertiary/aromatic N) is 2. The van der Waals surface area contributed by atoms with Crippen molar-refractivity contribution in [2.45, 2.75) is 12.5 Å². The van der Waals surface area contributed by atoms with Crippen LogP contribution in [0.1, 0.15) is 18.2 Å². The molecule has 1 aromatic heterocycles. The second-order valence-corrected chi connectivity index (χ2v) is 3.29.